The highest BCUT2D eigenvalue weighted by Crippen LogP contribution is 2.40. The van der Waals surface area contributed by atoms with Gasteiger partial charge in [0.1, 0.15) is 5.75 Å². The summed E-state index contributed by atoms with van der Waals surface area (Å²) in [6, 6.07) is 2.92. The fraction of sp³-hybridized carbons (Fsp3) is 0.474. The summed E-state index contributed by atoms with van der Waals surface area (Å²) in [5.41, 5.74) is 2.42. The fourth-order valence-electron chi connectivity index (χ4n) is 3.28. The van der Waals surface area contributed by atoms with Gasteiger partial charge in [0, 0.05) is 11.5 Å². The van der Waals surface area contributed by atoms with Gasteiger partial charge in [-0.15, -0.1) is 0 Å². The third kappa shape index (κ3) is 3.03. The number of rotatable bonds is 3. The van der Waals surface area contributed by atoms with Crippen LogP contribution < -0.4 is 11.0 Å². The van der Waals surface area contributed by atoms with Crippen LogP contribution in [0.25, 0.3) is 10.9 Å². The standard InChI is InChI=1S/C19H25NO3/c1-9(2)12-7-13-18(14(21)8-15(22)19(23)20-13)17(11(5)6)16(12)10(3)4/h7-11,21H,1-6H3,(H,20,22,23). The second-order valence-corrected chi connectivity index (χ2v) is 7.03. The summed E-state index contributed by atoms with van der Waals surface area (Å²) in [4.78, 5) is 26.3. The van der Waals surface area contributed by atoms with E-state index in [2.05, 4.69) is 46.5 Å². The van der Waals surface area contributed by atoms with Crippen molar-refractivity contribution in [3.63, 3.8) is 0 Å². The summed E-state index contributed by atoms with van der Waals surface area (Å²) in [6.07, 6.45) is 0. The molecule has 0 saturated heterocycles. The van der Waals surface area contributed by atoms with Gasteiger partial charge in [-0.1, -0.05) is 41.5 Å². The molecule has 0 atom stereocenters. The molecule has 0 radical (unpaired) electrons. The number of aromatic hydroxyl groups is 1. The molecular formula is C19H25NO3. The molecule has 1 heterocycles. The first kappa shape index (κ1) is 17.3. The Bertz CT molecular complexity index is 861. The molecule has 0 aliphatic rings. The number of H-pyrrole nitrogens is 1. The van der Waals surface area contributed by atoms with Gasteiger partial charge in [0.15, 0.2) is 0 Å². The van der Waals surface area contributed by atoms with Crippen LogP contribution in [-0.4, -0.2) is 10.1 Å². The SMILES string of the molecule is CC(C)c1cc2[nH]c(=O)c(=O)cc(O)c2c(C(C)C)c1C(C)C. The number of nitrogens with one attached hydrogen (secondary N) is 1. The van der Waals surface area contributed by atoms with Crippen LogP contribution in [0.5, 0.6) is 5.75 Å². The first-order chi connectivity index (χ1) is 10.6. The van der Waals surface area contributed by atoms with Crippen molar-refractivity contribution in [2.24, 2.45) is 0 Å². The Balaban J connectivity index is 3.20. The lowest BCUT2D eigenvalue weighted by atomic mass is 9.81. The Morgan fingerprint density at radius 3 is 1.91 bits per heavy atom. The van der Waals surface area contributed by atoms with Crippen LogP contribution in [0.15, 0.2) is 21.7 Å². The lowest BCUT2D eigenvalue weighted by molar-refractivity contribution is 0.480. The van der Waals surface area contributed by atoms with E-state index in [4.69, 9.17) is 0 Å². The second-order valence-electron chi connectivity index (χ2n) is 7.03. The Labute approximate surface area is 136 Å². The Morgan fingerprint density at radius 2 is 1.43 bits per heavy atom. The predicted molar refractivity (Wildman–Crippen MR) is 94.8 cm³/mol. The van der Waals surface area contributed by atoms with Gasteiger partial charge in [-0.05, 0) is 40.5 Å². The van der Waals surface area contributed by atoms with Crippen LogP contribution >= 0.6 is 0 Å². The van der Waals surface area contributed by atoms with Crippen LogP contribution in [0, 0.1) is 0 Å². The van der Waals surface area contributed by atoms with Crippen molar-refractivity contribution in [3.8, 4) is 5.75 Å². The third-order valence-electron chi connectivity index (χ3n) is 4.21. The lowest BCUT2D eigenvalue weighted by Crippen LogP contribution is -2.22. The van der Waals surface area contributed by atoms with Gasteiger partial charge in [-0.25, -0.2) is 0 Å². The largest absolute Gasteiger partial charge is 0.507 e. The minimum absolute atomic E-state index is 0.135. The molecule has 124 valence electrons. The second kappa shape index (κ2) is 6.19. The molecule has 2 rings (SSSR count). The zero-order chi connectivity index (χ0) is 17.5. The van der Waals surface area contributed by atoms with Crippen LogP contribution in [0.2, 0.25) is 0 Å². The minimum Gasteiger partial charge on any atom is -0.507 e. The molecule has 0 amide bonds. The van der Waals surface area contributed by atoms with Gasteiger partial charge in [-0.2, -0.15) is 0 Å². The molecule has 4 nitrogen and oxygen atoms in total. The highest BCUT2D eigenvalue weighted by Gasteiger charge is 2.22. The highest BCUT2D eigenvalue weighted by molar-refractivity contribution is 5.90. The van der Waals surface area contributed by atoms with E-state index in [1.54, 1.807) is 0 Å². The van der Waals surface area contributed by atoms with Gasteiger partial charge in [0.2, 0.25) is 5.43 Å². The molecule has 0 aliphatic heterocycles. The number of aromatic amines is 1. The molecule has 23 heavy (non-hydrogen) atoms. The number of fused-ring (bicyclic) bond motifs is 1. The normalized spacial score (nSPS) is 11.9. The number of benzene rings is 1. The van der Waals surface area contributed by atoms with E-state index < -0.39 is 11.0 Å². The monoisotopic (exact) mass is 315 g/mol. The summed E-state index contributed by atoms with van der Waals surface area (Å²) in [5.74, 6) is 0.569. The van der Waals surface area contributed by atoms with E-state index >= 15 is 0 Å². The van der Waals surface area contributed by atoms with Crippen molar-refractivity contribution < 1.29 is 5.11 Å². The van der Waals surface area contributed by atoms with Gasteiger partial charge in [0.25, 0.3) is 5.56 Å². The summed E-state index contributed by atoms with van der Waals surface area (Å²) in [6.45, 7) is 12.6. The van der Waals surface area contributed by atoms with E-state index in [1.807, 2.05) is 6.07 Å². The van der Waals surface area contributed by atoms with Crippen LogP contribution in [-0.2, 0) is 0 Å². The maximum absolute atomic E-state index is 11.9. The van der Waals surface area contributed by atoms with Gasteiger partial charge < -0.3 is 10.1 Å². The summed E-state index contributed by atoms with van der Waals surface area (Å²) < 4.78 is 0. The van der Waals surface area contributed by atoms with E-state index in [1.165, 1.54) is 5.56 Å². The van der Waals surface area contributed by atoms with Gasteiger partial charge in [0.05, 0.1) is 5.52 Å². The number of aromatic nitrogens is 1. The van der Waals surface area contributed by atoms with Crippen LogP contribution in [0.3, 0.4) is 0 Å². The van der Waals surface area contributed by atoms with E-state index in [0.29, 0.717) is 10.9 Å². The zero-order valence-corrected chi connectivity index (χ0v) is 14.7. The van der Waals surface area contributed by atoms with E-state index in [0.717, 1.165) is 17.2 Å². The molecule has 2 N–H and O–H groups in total. The number of hydrogen-bond donors (Lipinski definition) is 2. The molecule has 2 aromatic rings. The maximum Gasteiger partial charge on any atom is 0.296 e. The zero-order valence-electron chi connectivity index (χ0n) is 14.7. The Morgan fingerprint density at radius 1 is 0.870 bits per heavy atom. The first-order valence-electron chi connectivity index (χ1n) is 8.12. The predicted octanol–water partition coefficient (Wildman–Crippen LogP) is 3.96. The third-order valence-corrected chi connectivity index (χ3v) is 4.21. The van der Waals surface area contributed by atoms with Crippen LogP contribution in [0.1, 0.15) is 76.0 Å². The smallest absolute Gasteiger partial charge is 0.296 e. The first-order valence-corrected chi connectivity index (χ1v) is 8.12. The van der Waals surface area contributed by atoms with Crippen molar-refractivity contribution in [2.45, 2.75) is 59.3 Å². The van der Waals surface area contributed by atoms with Crippen molar-refractivity contribution >= 4 is 10.9 Å². The van der Waals surface area contributed by atoms with Gasteiger partial charge in [-0.3, -0.25) is 9.59 Å². The Kier molecular flexibility index (Phi) is 4.64. The lowest BCUT2D eigenvalue weighted by Gasteiger charge is -2.24. The fourth-order valence-corrected chi connectivity index (χ4v) is 3.28. The summed E-state index contributed by atoms with van der Waals surface area (Å²) >= 11 is 0. The van der Waals surface area contributed by atoms with Crippen molar-refractivity contribution in [2.75, 3.05) is 0 Å². The van der Waals surface area contributed by atoms with Crippen molar-refractivity contribution in [1.82, 2.24) is 4.98 Å². The molecule has 0 saturated carbocycles. The molecule has 0 spiro atoms. The Hall–Kier alpha value is -2.10. The molecule has 0 aliphatic carbocycles. The quantitative estimate of drug-likeness (QED) is 0.842. The maximum atomic E-state index is 11.9. The molecule has 1 aromatic heterocycles. The summed E-state index contributed by atoms with van der Waals surface area (Å²) in [7, 11) is 0. The molecule has 0 fully saturated rings. The topological polar surface area (TPSA) is 70.2 Å². The number of hydrogen-bond acceptors (Lipinski definition) is 3. The van der Waals surface area contributed by atoms with Crippen molar-refractivity contribution in [3.05, 3.63) is 49.4 Å². The molecule has 1 aromatic carbocycles. The van der Waals surface area contributed by atoms with E-state index in [9.17, 15) is 14.7 Å². The minimum atomic E-state index is -0.731. The average Bonchev–Trinajstić information content (AvgIpc) is 2.54. The highest BCUT2D eigenvalue weighted by atomic mass is 16.3. The van der Waals surface area contributed by atoms with Crippen LogP contribution in [0.4, 0.5) is 0 Å². The molecule has 0 bridgehead atoms. The van der Waals surface area contributed by atoms with Gasteiger partial charge >= 0.3 is 0 Å². The molecule has 0 unspecified atom stereocenters. The average molecular weight is 315 g/mol. The van der Waals surface area contributed by atoms with Crippen molar-refractivity contribution in [1.29, 1.82) is 0 Å². The summed E-state index contributed by atoms with van der Waals surface area (Å²) in [5, 5.41) is 11.0. The van der Waals surface area contributed by atoms with E-state index in [-0.39, 0.29) is 23.5 Å². The molecular weight excluding hydrogens is 290 g/mol. The molecule has 4 heteroatoms.